The second kappa shape index (κ2) is 12.8. The lowest BCUT2D eigenvalue weighted by Gasteiger charge is -2.24. The van der Waals surface area contributed by atoms with Crippen molar-refractivity contribution in [2.45, 2.75) is 69.1 Å². The average molecular weight is 627 g/mol. The number of benzene rings is 2. The zero-order chi connectivity index (χ0) is 30.8. The summed E-state index contributed by atoms with van der Waals surface area (Å²) < 4.78 is 32.8. The predicted octanol–water partition coefficient (Wildman–Crippen LogP) is 3.10. The van der Waals surface area contributed by atoms with Crippen molar-refractivity contribution in [1.82, 2.24) is 24.7 Å². The van der Waals surface area contributed by atoms with E-state index in [2.05, 4.69) is 25.5 Å². The Kier molecular flexibility index (Phi) is 8.81. The van der Waals surface area contributed by atoms with Gasteiger partial charge in [0.1, 0.15) is 48.9 Å². The Morgan fingerprint density at radius 3 is 2.68 bits per heavy atom. The summed E-state index contributed by atoms with van der Waals surface area (Å²) in [7, 11) is -3.93. The van der Waals surface area contributed by atoms with Crippen LogP contribution in [0.1, 0.15) is 44.4 Å². The molecular weight excluding hydrogens is 591 g/mol. The van der Waals surface area contributed by atoms with Crippen molar-refractivity contribution >= 4 is 35.7 Å². The molecule has 5 N–H and O–H groups in total. The molecule has 1 aliphatic carbocycles. The van der Waals surface area contributed by atoms with Crippen LogP contribution in [-0.2, 0) is 18.8 Å². The number of anilines is 1. The summed E-state index contributed by atoms with van der Waals surface area (Å²) >= 11 is 0. The fraction of sp³-hybridized carbons (Fsp3) is 0.448. The lowest BCUT2D eigenvalue weighted by Crippen LogP contribution is -2.36. The molecule has 1 saturated heterocycles. The van der Waals surface area contributed by atoms with Crippen molar-refractivity contribution in [3.63, 3.8) is 0 Å². The van der Waals surface area contributed by atoms with E-state index < -0.39 is 50.3 Å². The van der Waals surface area contributed by atoms with Crippen LogP contribution in [0.2, 0.25) is 0 Å². The average Bonchev–Trinajstić information content (AvgIpc) is 3.74. The summed E-state index contributed by atoms with van der Waals surface area (Å²) in [6, 6.07) is 11.8. The Morgan fingerprint density at radius 2 is 1.91 bits per heavy atom. The molecular formula is C29H35N6O8P. The van der Waals surface area contributed by atoms with Gasteiger partial charge in [0.15, 0.2) is 11.5 Å². The number of rotatable bonds is 12. The molecule has 3 heterocycles. The number of carboxylic acids is 1. The molecule has 6 atom stereocenters. The predicted molar refractivity (Wildman–Crippen MR) is 160 cm³/mol. The quantitative estimate of drug-likeness (QED) is 0.144. The third-order valence-electron chi connectivity index (χ3n) is 7.96. The number of nitrogens with one attached hydrogen (secondary N) is 2. The van der Waals surface area contributed by atoms with E-state index in [4.69, 9.17) is 14.0 Å². The first-order valence-electron chi connectivity index (χ1n) is 14.5. The highest BCUT2D eigenvalue weighted by Crippen LogP contribution is 2.45. The van der Waals surface area contributed by atoms with Crippen LogP contribution in [0.4, 0.5) is 5.82 Å². The van der Waals surface area contributed by atoms with Crippen LogP contribution in [0.25, 0.3) is 16.4 Å². The Morgan fingerprint density at radius 1 is 1.14 bits per heavy atom. The molecule has 2 aromatic heterocycles. The molecule has 2 fully saturated rings. The van der Waals surface area contributed by atoms with Crippen LogP contribution < -0.4 is 14.9 Å². The van der Waals surface area contributed by atoms with Gasteiger partial charge in [0, 0.05) is 6.04 Å². The van der Waals surface area contributed by atoms with Gasteiger partial charge in [-0.25, -0.2) is 19.6 Å². The van der Waals surface area contributed by atoms with Gasteiger partial charge in [0.05, 0.1) is 18.5 Å². The van der Waals surface area contributed by atoms with Gasteiger partial charge in [-0.2, -0.15) is 5.10 Å². The van der Waals surface area contributed by atoms with Crippen LogP contribution >= 0.6 is 7.52 Å². The minimum Gasteiger partial charge on any atom is -0.480 e. The van der Waals surface area contributed by atoms with Crippen molar-refractivity contribution in [2.75, 3.05) is 18.3 Å². The molecule has 234 valence electrons. The number of aromatic nitrogens is 4. The van der Waals surface area contributed by atoms with E-state index in [1.165, 1.54) is 24.0 Å². The van der Waals surface area contributed by atoms with Gasteiger partial charge in [0.2, 0.25) is 0 Å². The fourth-order valence-corrected chi connectivity index (χ4v) is 7.33. The molecule has 0 spiro atoms. The van der Waals surface area contributed by atoms with Crippen molar-refractivity contribution in [3.8, 4) is 5.75 Å². The van der Waals surface area contributed by atoms with Crippen molar-refractivity contribution in [1.29, 1.82) is 0 Å². The van der Waals surface area contributed by atoms with Crippen molar-refractivity contribution in [2.24, 2.45) is 0 Å². The summed E-state index contributed by atoms with van der Waals surface area (Å²) in [4.78, 5) is 20.3. The molecule has 0 radical (unpaired) electrons. The lowest BCUT2D eigenvalue weighted by atomic mass is 10.1. The highest BCUT2D eigenvalue weighted by Gasteiger charge is 2.45. The number of aliphatic hydroxyl groups excluding tert-OH is 2. The third kappa shape index (κ3) is 6.41. The highest BCUT2D eigenvalue weighted by atomic mass is 31.2. The zero-order valence-corrected chi connectivity index (χ0v) is 24.9. The number of ether oxygens (including phenoxy) is 2. The fourth-order valence-electron chi connectivity index (χ4n) is 5.65. The van der Waals surface area contributed by atoms with Gasteiger partial charge in [-0.3, -0.25) is 9.36 Å². The van der Waals surface area contributed by atoms with Gasteiger partial charge >= 0.3 is 13.5 Å². The maximum Gasteiger partial charge on any atom is 0.342 e. The summed E-state index contributed by atoms with van der Waals surface area (Å²) in [5.74, 6) is -0.368. The van der Waals surface area contributed by atoms with E-state index in [9.17, 15) is 24.7 Å². The lowest BCUT2D eigenvalue weighted by molar-refractivity contribution is -0.138. The third-order valence-corrected chi connectivity index (χ3v) is 9.77. The number of hydrogen-bond acceptors (Lipinski definition) is 11. The monoisotopic (exact) mass is 626 g/mol. The molecule has 44 heavy (non-hydrogen) atoms. The summed E-state index contributed by atoms with van der Waals surface area (Å²) in [5.41, 5.74) is 0.901. The molecule has 1 aliphatic heterocycles. The topological polar surface area (TPSA) is 190 Å². The first kappa shape index (κ1) is 30.4. The molecule has 2 aromatic carbocycles. The van der Waals surface area contributed by atoms with Crippen LogP contribution in [-0.4, -0.2) is 84.2 Å². The largest absolute Gasteiger partial charge is 0.480 e. The molecule has 6 rings (SSSR count). The molecule has 0 amide bonds. The number of aliphatic carboxylic acids is 1. The zero-order valence-electron chi connectivity index (χ0n) is 24.0. The van der Waals surface area contributed by atoms with Crippen LogP contribution in [0.15, 0.2) is 55.0 Å². The molecule has 0 bridgehead atoms. The number of carbonyl (C=O) groups is 1. The SMILES string of the molecule is CC(NP(=O)(COC[C@H]1O[C@@H](c2cnc3c(NC4CCCC4)ncnn23)[C@H](O)[C@@H]1O)Oc1ccc2ccccc2c1)C(=O)O. The van der Waals surface area contributed by atoms with E-state index in [1.807, 2.05) is 24.3 Å². The minimum absolute atomic E-state index is 0.261. The van der Waals surface area contributed by atoms with Gasteiger partial charge < -0.3 is 34.6 Å². The van der Waals surface area contributed by atoms with E-state index in [0.717, 1.165) is 36.5 Å². The van der Waals surface area contributed by atoms with Gasteiger partial charge in [-0.1, -0.05) is 43.2 Å². The minimum atomic E-state index is -3.93. The Hall–Kier alpha value is -3.65. The smallest absolute Gasteiger partial charge is 0.342 e. The maximum atomic E-state index is 13.8. The Balaban J connectivity index is 1.14. The van der Waals surface area contributed by atoms with Gasteiger partial charge in [-0.05, 0) is 42.7 Å². The first-order chi connectivity index (χ1) is 21.2. The molecule has 2 aliphatic rings. The van der Waals surface area contributed by atoms with E-state index in [0.29, 0.717) is 23.2 Å². The van der Waals surface area contributed by atoms with Crippen LogP contribution in [0.5, 0.6) is 5.75 Å². The molecule has 4 aromatic rings. The molecule has 1 saturated carbocycles. The number of hydrogen-bond donors (Lipinski definition) is 5. The van der Waals surface area contributed by atoms with Crippen molar-refractivity contribution < 1.29 is 38.7 Å². The van der Waals surface area contributed by atoms with E-state index >= 15 is 0 Å². The molecule has 2 unspecified atom stereocenters. The van der Waals surface area contributed by atoms with E-state index in [-0.39, 0.29) is 12.4 Å². The molecule has 15 heteroatoms. The van der Waals surface area contributed by atoms with E-state index in [1.54, 1.807) is 18.2 Å². The first-order valence-corrected chi connectivity index (χ1v) is 16.3. The number of carboxylic acid groups (broad SMARTS) is 1. The highest BCUT2D eigenvalue weighted by molar-refractivity contribution is 7.57. The van der Waals surface area contributed by atoms with Crippen LogP contribution in [0, 0.1) is 0 Å². The number of fused-ring (bicyclic) bond motifs is 2. The Bertz CT molecular complexity index is 1680. The van der Waals surface area contributed by atoms with Gasteiger partial charge in [0.25, 0.3) is 0 Å². The molecule has 14 nitrogen and oxygen atoms in total. The Labute approximate surface area is 252 Å². The number of aliphatic hydroxyl groups is 2. The van der Waals surface area contributed by atoms with Gasteiger partial charge in [-0.15, -0.1) is 0 Å². The van der Waals surface area contributed by atoms with Crippen molar-refractivity contribution in [3.05, 3.63) is 60.7 Å². The normalized spacial score (nSPS) is 24.4. The number of nitrogens with zero attached hydrogens (tertiary/aromatic N) is 4. The summed E-state index contributed by atoms with van der Waals surface area (Å²) in [6.07, 6.45) is 2.17. The maximum absolute atomic E-state index is 13.8. The summed E-state index contributed by atoms with van der Waals surface area (Å²) in [5, 5.41) is 43.2. The van der Waals surface area contributed by atoms with Crippen LogP contribution in [0.3, 0.4) is 0 Å². The summed E-state index contributed by atoms with van der Waals surface area (Å²) in [6.45, 7) is 1.08. The number of imidazole rings is 1. The second-order valence-corrected chi connectivity index (χ2v) is 13.2. The standard InChI is InChI=1S/C29H35N6O8P/c1-17(29(38)39)34-44(40,43-21-11-10-18-6-2-3-7-19(18)12-21)16-41-14-23-24(36)25(37)26(42-23)22-13-30-28-27(31-15-32-35(22)28)33-20-8-4-5-9-20/h2-3,6-7,10-13,15,17,20,23-26,36-37H,4-5,8-9,14,16H2,1H3,(H,34,40)(H,38,39)(H,31,32,33)/t17?,23-,24-,25-,26+,44?/m1/s1. The second-order valence-electron chi connectivity index (χ2n) is 11.2.